The van der Waals surface area contributed by atoms with Crippen LogP contribution in [0.25, 0.3) is 11.0 Å². The fraction of sp³-hybridized carbons (Fsp3) is 0.286. The van der Waals surface area contributed by atoms with E-state index in [2.05, 4.69) is 4.98 Å². The van der Waals surface area contributed by atoms with E-state index in [4.69, 9.17) is 4.74 Å². The minimum atomic E-state index is -0.950. The number of carbonyl (C=O) groups excluding carboxylic acids is 1. The summed E-state index contributed by atoms with van der Waals surface area (Å²) < 4.78 is 7.64. The van der Waals surface area contributed by atoms with Crippen molar-refractivity contribution in [2.45, 2.75) is 32.0 Å². The average molecular weight is 379 g/mol. The van der Waals surface area contributed by atoms with Crippen LogP contribution < -0.4 is 4.74 Å². The fourth-order valence-electron chi connectivity index (χ4n) is 3.62. The number of rotatable bonds is 6. The summed E-state index contributed by atoms with van der Waals surface area (Å²) in [6, 6.07) is 16.2. The minimum Gasteiger partial charge on any atom is -0.486 e. The number of likely N-dealkylation sites (tertiary alicyclic amines) is 1. The molecular weight excluding hydrogens is 358 g/mol. The number of carbonyl (C=O) groups is 2. The van der Waals surface area contributed by atoms with E-state index in [-0.39, 0.29) is 19.1 Å². The smallest absolute Gasteiger partial charge is 0.326 e. The molecule has 0 saturated carbocycles. The number of ether oxygens (including phenoxy) is 1. The molecule has 3 aromatic rings. The largest absolute Gasteiger partial charge is 0.486 e. The predicted octanol–water partition coefficient (Wildman–Crippen LogP) is 2.69. The second kappa shape index (κ2) is 7.72. The number of hydrogen-bond donors (Lipinski definition) is 1. The van der Waals surface area contributed by atoms with E-state index < -0.39 is 12.0 Å². The van der Waals surface area contributed by atoms with E-state index in [0.29, 0.717) is 25.2 Å². The summed E-state index contributed by atoms with van der Waals surface area (Å²) in [6.45, 7) is 0.727. The minimum absolute atomic E-state index is 0.0395. The number of para-hydroxylation sites is 3. The molecular formula is C21H21N3O4. The highest BCUT2D eigenvalue weighted by Crippen LogP contribution is 2.21. The van der Waals surface area contributed by atoms with Gasteiger partial charge in [-0.3, -0.25) is 4.79 Å². The second-order valence-corrected chi connectivity index (χ2v) is 6.79. The quantitative estimate of drug-likeness (QED) is 0.712. The van der Waals surface area contributed by atoms with Crippen molar-refractivity contribution >= 4 is 22.9 Å². The number of aliphatic carboxylic acids is 1. The van der Waals surface area contributed by atoms with E-state index in [1.807, 2.05) is 59.2 Å². The van der Waals surface area contributed by atoms with Gasteiger partial charge in [-0.25, -0.2) is 9.78 Å². The molecule has 28 heavy (non-hydrogen) atoms. The van der Waals surface area contributed by atoms with Crippen LogP contribution in [0.2, 0.25) is 0 Å². The van der Waals surface area contributed by atoms with E-state index in [1.165, 1.54) is 4.90 Å². The Balaban J connectivity index is 1.60. The molecule has 1 aliphatic heterocycles. The molecule has 7 heteroatoms. The van der Waals surface area contributed by atoms with Gasteiger partial charge in [-0.2, -0.15) is 0 Å². The van der Waals surface area contributed by atoms with Crippen LogP contribution in [0.3, 0.4) is 0 Å². The predicted molar refractivity (Wildman–Crippen MR) is 103 cm³/mol. The van der Waals surface area contributed by atoms with Crippen LogP contribution in [0.4, 0.5) is 0 Å². The number of amides is 1. The van der Waals surface area contributed by atoms with E-state index >= 15 is 0 Å². The van der Waals surface area contributed by atoms with Gasteiger partial charge in [0.1, 0.15) is 30.8 Å². The first kappa shape index (κ1) is 18.0. The van der Waals surface area contributed by atoms with Crippen LogP contribution in [0, 0.1) is 0 Å². The first-order valence-electron chi connectivity index (χ1n) is 9.28. The molecule has 4 rings (SSSR count). The third-order valence-electron chi connectivity index (χ3n) is 5.00. The number of nitrogens with zero attached hydrogens (tertiary/aromatic N) is 3. The Labute approximate surface area is 162 Å². The lowest BCUT2D eigenvalue weighted by Gasteiger charge is -2.22. The Bertz CT molecular complexity index is 999. The number of aromatic nitrogens is 2. The van der Waals surface area contributed by atoms with Gasteiger partial charge in [-0.15, -0.1) is 0 Å². The summed E-state index contributed by atoms with van der Waals surface area (Å²) in [5.74, 6) is 0.186. The van der Waals surface area contributed by atoms with Gasteiger partial charge >= 0.3 is 5.97 Å². The monoisotopic (exact) mass is 379 g/mol. The molecule has 1 N–H and O–H groups in total. The first-order chi connectivity index (χ1) is 13.6. The summed E-state index contributed by atoms with van der Waals surface area (Å²) in [5, 5.41) is 9.36. The van der Waals surface area contributed by atoms with Gasteiger partial charge in [0.25, 0.3) is 0 Å². The van der Waals surface area contributed by atoms with Crippen LogP contribution in [0.1, 0.15) is 18.7 Å². The molecule has 1 amide bonds. The number of benzene rings is 2. The Hall–Kier alpha value is -3.35. The summed E-state index contributed by atoms with van der Waals surface area (Å²) in [5.41, 5.74) is 1.60. The molecule has 144 valence electrons. The third-order valence-corrected chi connectivity index (χ3v) is 5.00. The Kier molecular flexibility index (Phi) is 4.97. The average Bonchev–Trinajstić information content (AvgIpc) is 3.33. The van der Waals surface area contributed by atoms with Gasteiger partial charge in [0.2, 0.25) is 5.91 Å². The van der Waals surface area contributed by atoms with Crippen LogP contribution in [0.5, 0.6) is 5.75 Å². The highest BCUT2D eigenvalue weighted by Gasteiger charge is 2.34. The molecule has 7 nitrogen and oxygen atoms in total. The summed E-state index contributed by atoms with van der Waals surface area (Å²) >= 11 is 0. The molecule has 2 heterocycles. The molecule has 1 fully saturated rings. The molecule has 0 bridgehead atoms. The van der Waals surface area contributed by atoms with Crippen LogP contribution in [-0.2, 0) is 22.7 Å². The molecule has 2 aromatic carbocycles. The van der Waals surface area contributed by atoms with Crippen LogP contribution in [0.15, 0.2) is 54.6 Å². The second-order valence-electron chi connectivity index (χ2n) is 6.79. The highest BCUT2D eigenvalue weighted by atomic mass is 16.5. The van der Waals surface area contributed by atoms with Crippen LogP contribution in [-0.4, -0.2) is 44.0 Å². The Morgan fingerprint density at radius 1 is 1.11 bits per heavy atom. The van der Waals surface area contributed by atoms with Gasteiger partial charge < -0.3 is 19.3 Å². The maximum absolute atomic E-state index is 12.9. The highest BCUT2D eigenvalue weighted by molar-refractivity contribution is 5.85. The maximum Gasteiger partial charge on any atom is 0.326 e. The van der Waals surface area contributed by atoms with E-state index in [0.717, 1.165) is 16.8 Å². The molecule has 0 spiro atoms. The van der Waals surface area contributed by atoms with Crippen molar-refractivity contribution in [3.63, 3.8) is 0 Å². The maximum atomic E-state index is 12.9. The van der Waals surface area contributed by atoms with E-state index in [1.54, 1.807) is 0 Å². The van der Waals surface area contributed by atoms with Gasteiger partial charge in [0.05, 0.1) is 11.0 Å². The number of hydrogen-bond acceptors (Lipinski definition) is 4. The lowest BCUT2D eigenvalue weighted by atomic mass is 10.2. The molecule has 1 saturated heterocycles. The molecule has 1 aliphatic rings. The van der Waals surface area contributed by atoms with Crippen molar-refractivity contribution in [3.05, 3.63) is 60.4 Å². The molecule has 0 aliphatic carbocycles. The summed E-state index contributed by atoms with van der Waals surface area (Å²) in [4.78, 5) is 30.4. The number of imidazole rings is 1. The zero-order chi connectivity index (χ0) is 19.5. The van der Waals surface area contributed by atoms with Crippen molar-refractivity contribution in [2.24, 2.45) is 0 Å². The van der Waals surface area contributed by atoms with Gasteiger partial charge in [-0.1, -0.05) is 30.3 Å². The van der Waals surface area contributed by atoms with E-state index in [9.17, 15) is 14.7 Å². The number of fused-ring (bicyclic) bond motifs is 1. The normalized spacial score (nSPS) is 16.4. The number of carboxylic acids is 1. The lowest BCUT2D eigenvalue weighted by molar-refractivity contribution is -0.148. The van der Waals surface area contributed by atoms with Crippen LogP contribution >= 0.6 is 0 Å². The lowest BCUT2D eigenvalue weighted by Crippen LogP contribution is -2.42. The topological polar surface area (TPSA) is 84.7 Å². The van der Waals surface area contributed by atoms with Crippen molar-refractivity contribution in [1.82, 2.24) is 14.5 Å². The first-order valence-corrected chi connectivity index (χ1v) is 9.28. The van der Waals surface area contributed by atoms with Crippen molar-refractivity contribution in [3.8, 4) is 5.75 Å². The van der Waals surface area contributed by atoms with Crippen molar-refractivity contribution < 1.29 is 19.4 Å². The van der Waals surface area contributed by atoms with Gasteiger partial charge in [-0.05, 0) is 37.1 Å². The molecule has 1 unspecified atom stereocenters. The zero-order valence-corrected chi connectivity index (χ0v) is 15.3. The molecule has 1 aromatic heterocycles. The standard InChI is InChI=1S/C21H21N3O4/c25-20(23-12-6-11-18(23)21(26)27)13-24-17-10-5-4-9-16(17)22-19(24)14-28-15-7-2-1-3-8-15/h1-5,7-10,18H,6,11-14H2,(H,26,27). The summed E-state index contributed by atoms with van der Waals surface area (Å²) in [6.07, 6.45) is 1.20. The molecule has 0 radical (unpaired) electrons. The van der Waals surface area contributed by atoms with Gasteiger partial charge in [0.15, 0.2) is 0 Å². The summed E-state index contributed by atoms with van der Waals surface area (Å²) in [7, 11) is 0. The fourth-order valence-corrected chi connectivity index (χ4v) is 3.62. The zero-order valence-electron chi connectivity index (χ0n) is 15.3. The van der Waals surface area contributed by atoms with Crippen molar-refractivity contribution in [2.75, 3.05) is 6.54 Å². The SMILES string of the molecule is O=C(O)C1CCCN1C(=O)Cn1c(COc2ccccc2)nc2ccccc21. The van der Waals surface area contributed by atoms with Crippen molar-refractivity contribution in [1.29, 1.82) is 0 Å². The Morgan fingerprint density at radius 3 is 2.64 bits per heavy atom. The van der Waals surface area contributed by atoms with Gasteiger partial charge in [0, 0.05) is 6.54 Å². The Morgan fingerprint density at radius 2 is 1.86 bits per heavy atom. The number of carboxylic acid groups (broad SMARTS) is 1. The molecule has 1 atom stereocenters. The third kappa shape index (κ3) is 3.55.